The normalized spacial score (nSPS) is 12.3. The largest absolute Gasteiger partial charge is 0.339 e. The number of nitrogens with one attached hydrogen (secondary N) is 1. The summed E-state index contributed by atoms with van der Waals surface area (Å²) in [4.78, 5) is 17.0. The SMILES string of the molecule is CC(C)Cn1cc(C(=O)N[C@@H](c2ccccc2)c2nccs2)cn1. The second-order valence-corrected chi connectivity index (χ2v) is 6.96. The summed E-state index contributed by atoms with van der Waals surface area (Å²) in [6, 6.07) is 9.61. The van der Waals surface area contributed by atoms with Crippen molar-refractivity contribution < 1.29 is 4.79 Å². The van der Waals surface area contributed by atoms with E-state index in [2.05, 4.69) is 29.2 Å². The molecule has 3 rings (SSSR count). The molecule has 0 radical (unpaired) electrons. The first-order valence-corrected chi connectivity index (χ1v) is 8.79. The van der Waals surface area contributed by atoms with E-state index in [1.54, 1.807) is 23.3 Å². The smallest absolute Gasteiger partial charge is 0.255 e. The maximum absolute atomic E-state index is 12.6. The summed E-state index contributed by atoms with van der Waals surface area (Å²) in [7, 11) is 0. The Balaban J connectivity index is 1.80. The van der Waals surface area contributed by atoms with Crippen LogP contribution in [-0.2, 0) is 6.54 Å². The molecule has 0 unspecified atom stereocenters. The highest BCUT2D eigenvalue weighted by molar-refractivity contribution is 7.09. The van der Waals surface area contributed by atoms with Gasteiger partial charge in [-0.3, -0.25) is 9.48 Å². The van der Waals surface area contributed by atoms with E-state index in [1.165, 1.54) is 11.3 Å². The molecule has 6 heteroatoms. The molecular formula is C18H20N4OS. The quantitative estimate of drug-likeness (QED) is 0.747. The summed E-state index contributed by atoms with van der Waals surface area (Å²) in [5.41, 5.74) is 1.57. The Morgan fingerprint density at radius 2 is 2.08 bits per heavy atom. The topological polar surface area (TPSA) is 59.8 Å². The zero-order chi connectivity index (χ0) is 16.9. The van der Waals surface area contributed by atoms with E-state index in [0.717, 1.165) is 17.1 Å². The molecule has 1 N–H and O–H groups in total. The molecule has 0 aliphatic carbocycles. The first-order valence-electron chi connectivity index (χ1n) is 7.91. The van der Waals surface area contributed by atoms with Gasteiger partial charge in [0.2, 0.25) is 0 Å². The molecule has 2 aromatic heterocycles. The Morgan fingerprint density at radius 3 is 2.75 bits per heavy atom. The van der Waals surface area contributed by atoms with Gasteiger partial charge >= 0.3 is 0 Å². The van der Waals surface area contributed by atoms with Crippen molar-refractivity contribution in [1.29, 1.82) is 0 Å². The highest BCUT2D eigenvalue weighted by atomic mass is 32.1. The van der Waals surface area contributed by atoms with Gasteiger partial charge in [-0.15, -0.1) is 11.3 Å². The monoisotopic (exact) mass is 340 g/mol. The van der Waals surface area contributed by atoms with Crippen molar-refractivity contribution in [2.45, 2.75) is 26.4 Å². The van der Waals surface area contributed by atoms with Gasteiger partial charge in [-0.25, -0.2) is 4.98 Å². The lowest BCUT2D eigenvalue weighted by Gasteiger charge is -2.16. The Bertz CT molecular complexity index is 780. The molecule has 5 nitrogen and oxygen atoms in total. The summed E-state index contributed by atoms with van der Waals surface area (Å²) in [6.45, 7) is 5.03. The highest BCUT2D eigenvalue weighted by Gasteiger charge is 2.20. The van der Waals surface area contributed by atoms with Crippen molar-refractivity contribution in [2.24, 2.45) is 5.92 Å². The van der Waals surface area contributed by atoms with E-state index >= 15 is 0 Å². The Kier molecular flexibility index (Phi) is 5.05. The molecule has 24 heavy (non-hydrogen) atoms. The third-order valence-corrected chi connectivity index (χ3v) is 4.39. The predicted molar refractivity (Wildman–Crippen MR) is 94.9 cm³/mol. The molecule has 0 aliphatic heterocycles. The Morgan fingerprint density at radius 1 is 1.29 bits per heavy atom. The summed E-state index contributed by atoms with van der Waals surface area (Å²) in [5.74, 6) is 0.335. The van der Waals surface area contributed by atoms with Crippen LogP contribution in [-0.4, -0.2) is 20.7 Å². The van der Waals surface area contributed by atoms with Crippen LogP contribution >= 0.6 is 11.3 Å². The minimum atomic E-state index is -0.257. The van der Waals surface area contributed by atoms with Gasteiger partial charge in [0.15, 0.2) is 0 Å². The number of carbonyl (C=O) groups is 1. The molecule has 0 aliphatic rings. The molecule has 0 saturated carbocycles. The average Bonchev–Trinajstić information content (AvgIpc) is 3.24. The average molecular weight is 340 g/mol. The molecule has 1 amide bonds. The van der Waals surface area contributed by atoms with E-state index in [9.17, 15) is 4.79 Å². The lowest BCUT2D eigenvalue weighted by Crippen LogP contribution is -2.29. The van der Waals surface area contributed by atoms with Crippen LogP contribution in [0.2, 0.25) is 0 Å². The fourth-order valence-electron chi connectivity index (χ4n) is 2.48. The number of nitrogens with zero attached hydrogens (tertiary/aromatic N) is 3. The molecular weight excluding hydrogens is 320 g/mol. The van der Waals surface area contributed by atoms with Crippen LogP contribution in [0.15, 0.2) is 54.3 Å². The van der Waals surface area contributed by atoms with Crippen molar-refractivity contribution >= 4 is 17.2 Å². The standard InChI is InChI=1S/C18H20N4OS/c1-13(2)11-22-12-15(10-20-22)17(23)21-16(18-19-8-9-24-18)14-6-4-3-5-7-14/h3-10,12-13,16H,11H2,1-2H3,(H,21,23)/t16-/m0/s1. The van der Waals surface area contributed by atoms with Gasteiger partial charge in [0, 0.05) is 24.3 Å². The van der Waals surface area contributed by atoms with Gasteiger partial charge in [-0.2, -0.15) is 5.10 Å². The zero-order valence-corrected chi connectivity index (χ0v) is 14.5. The van der Waals surface area contributed by atoms with Crippen molar-refractivity contribution in [1.82, 2.24) is 20.1 Å². The fraction of sp³-hybridized carbons (Fsp3) is 0.278. The third-order valence-electron chi connectivity index (χ3n) is 3.55. The number of hydrogen-bond acceptors (Lipinski definition) is 4. The van der Waals surface area contributed by atoms with Crippen molar-refractivity contribution in [2.75, 3.05) is 0 Å². The molecule has 0 spiro atoms. The molecule has 3 aromatic rings. The van der Waals surface area contributed by atoms with Gasteiger partial charge < -0.3 is 5.32 Å². The summed E-state index contributed by atoms with van der Waals surface area (Å²) < 4.78 is 1.81. The molecule has 0 fully saturated rings. The van der Waals surface area contributed by atoms with E-state index in [4.69, 9.17) is 0 Å². The molecule has 1 aromatic carbocycles. The summed E-state index contributed by atoms with van der Waals surface area (Å²) in [6.07, 6.45) is 5.16. The molecule has 0 bridgehead atoms. The van der Waals surface area contributed by atoms with Crippen LogP contribution < -0.4 is 5.32 Å². The molecule has 0 saturated heterocycles. The first kappa shape index (κ1) is 16.4. The van der Waals surface area contributed by atoms with E-state index < -0.39 is 0 Å². The van der Waals surface area contributed by atoms with Gasteiger partial charge in [-0.05, 0) is 11.5 Å². The van der Waals surface area contributed by atoms with Crippen molar-refractivity contribution in [3.63, 3.8) is 0 Å². The summed E-state index contributed by atoms with van der Waals surface area (Å²) in [5, 5.41) is 10.1. The zero-order valence-electron chi connectivity index (χ0n) is 13.7. The van der Waals surface area contributed by atoms with Crippen LogP contribution in [0.25, 0.3) is 0 Å². The van der Waals surface area contributed by atoms with Gasteiger partial charge in [0.1, 0.15) is 11.0 Å². The number of amides is 1. The predicted octanol–water partition coefficient (Wildman–Crippen LogP) is 3.52. The third kappa shape index (κ3) is 3.89. The van der Waals surface area contributed by atoms with Crippen LogP contribution in [0.5, 0.6) is 0 Å². The Labute approximate surface area is 145 Å². The number of aromatic nitrogens is 3. The van der Waals surface area contributed by atoms with Crippen molar-refractivity contribution in [3.05, 3.63) is 70.4 Å². The number of carbonyl (C=O) groups excluding carboxylic acids is 1. The van der Waals surface area contributed by atoms with Crippen LogP contribution in [0.3, 0.4) is 0 Å². The van der Waals surface area contributed by atoms with Gasteiger partial charge in [-0.1, -0.05) is 44.2 Å². The van der Waals surface area contributed by atoms with E-state index in [-0.39, 0.29) is 11.9 Å². The minimum absolute atomic E-state index is 0.144. The van der Waals surface area contributed by atoms with E-state index in [1.807, 2.05) is 35.7 Å². The second kappa shape index (κ2) is 7.40. The second-order valence-electron chi connectivity index (χ2n) is 6.03. The van der Waals surface area contributed by atoms with E-state index in [0.29, 0.717) is 11.5 Å². The number of hydrogen-bond donors (Lipinski definition) is 1. The number of benzene rings is 1. The Hall–Kier alpha value is -2.47. The fourth-order valence-corrected chi connectivity index (χ4v) is 3.19. The lowest BCUT2D eigenvalue weighted by atomic mass is 10.1. The summed E-state index contributed by atoms with van der Waals surface area (Å²) >= 11 is 1.53. The van der Waals surface area contributed by atoms with Crippen molar-refractivity contribution in [3.8, 4) is 0 Å². The van der Waals surface area contributed by atoms with Gasteiger partial charge in [0.05, 0.1) is 11.8 Å². The first-order chi connectivity index (χ1) is 11.6. The van der Waals surface area contributed by atoms with Gasteiger partial charge in [0.25, 0.3) is 5.91 Å². The number of thiazole rings is 1. The molecule has 2 heterocycles. The minimum Gasteiger partial charge on any atom is -0.339 e. The lowest BCUT2D eigenvalue weighted by molar-refractivity contribution is 0.0943. The van der Waals surface area contributed by atoms with Crippen LogP contribution in [0.4, 0.5) is 0 Å². The maximum Gasteiger partial charge on any atom is 0.255 e. The molecule has 1 atom stereocenters. The van der Waals surface area contributed by atoms with Crippen LogP contribution in [0.1, 0.15) is 40.8 Å². The highest BCUT2D eigenvalue weighted by Crippen LogP contribution is 2.24. The number of rotatable bonds is 6. The molecule has 124 valence electrons. The van der Waals surface area contributed by atoms with Crippen LogP contribution in [0, 0.1) is 5.92 Å². The maximum atomic E-state index is 12.6.